The molecule has 0 saturated carbocycles. The van der Waals surface area contributed by atoms with Crippen LogP contribution in [-0.4, -0.2) is 26.5 Å². The summed E-state index contributed by atoms with van der Waals surface area (Å²) >= 11 is 0. The van der Waals surface area contributed by atoms with Gasteiger partial charge >= 0.3 is 0 Å². The molecule has 21 heavy (non-hydrogen) atoms. The largest absolute Gasteiger partial charge is 0.481 e. The third-order valence-electron chi connectivity index (χ3n) is 2.79. The lowest BCUT2D eigenvalue weighted by Crippen LogP contribution is -2.40. The van der Waals surface area contributed by atoms with E-state index in [0.29, 0.717) is 16.9 Å². The van der Waals surface area contributed by atoms with Crippen molar-refractivity contribution in [3.05, 3.63) is 23.3 Å². The van der Waals surface area contributed by atoms with Gasteiger partial charge in [0.25, 0.3) is 15.0 Å². The second-order valence-electron chi connectivity index (χ2n) is 5.25. The van der Waals surface area contributed by atoms with Gasteiger partial charge in [-0.05, 0) is 57.9 Å². The summed E-state index contributed by atoms with van der Waals surface area (Å²) in [5.41, 5.74) is 0.966. The predicted molar refractivity (Wildman–Crippen MR) is 82.3 cm³/mol. The molecule has 0 aliphatic carbocycles. The minimum atomic E-state index is -3.80. The van der Waals surface area contributed by atoms with Gasteiger partial charge in [-0.15, -0.1) is 0 Å². The number of benzene rings is 1. The second-order valence-corrected chi connectivity index (χ2v) is 7.75. The summed E-state index contributed by atoms with van der Waals surface area (Å²) < 4.78 is 28.6. The van der Waals surface area contributed by atoms with Crippen molar-refractivity contribution in [3.63, 3.8) is 0 Å². The van der Waals surface area contributed by atoms with E-state index in [0.717, 1.165) is 0 Å². The third-order valence-corrected chi connectivity index (χ3v) is 4.39. The molecule has 1 amide bonds. The van der Waals surface area contributed by atoms with Crippen molar-refractivity contribution in [2.24, 2.45) is 0 Å². The van der Waals surface area contributed by atoms with Crippen LogP contribution in [0.15, 0.2) is 17.0 Å². The molecule has 0 radical (unpaired) electrons. The maximum absolute atomic E-state index is 11.8. The predicted octanol–water partition coefficient (Wildman–Crippen LogP) is 2.52. The van der Waals surface area contributed by atoms with Gasteiger partial charge in [0.1, 0.15) is 5.75 Å². The van der Waals surface area contributed by atoms with Crippen LogP contribution in [0.25, 0.3) is 0 Å². The van der Waals surface area contributed by atoms with Crippen molar-refractivity contribution in [1.82, 2.24) is 5.32 Å². The van der Waals surface area contributed by atoms with Crippen molar-refractivity contribution in [2.75, 3.05) is 0 Å². The number of ether oxygens (including phenoxy) is 1. The van der Waals surface area contributed by atoms with Crippen LogP contribution in [0.4, 0.5) is 0 Å². The summed E-state index contributed by atoms with van der Waals surface area (Å²) in [7, 11) is 1.60. The summed E-state index contributed by atoms with van der Waals surface area (Å²) in [6.45, 7) is 8.62. The zero-order valence-corrected chi connectivity index (χ0v) is 14.3. The summed E-state index contributed by atoms with van der Waals surface area (Å²) in [5.74, 6) is 0.204. The molecule has 0 bridgehead atoms. The Labute approximate surface area is 130 Å². The van der Waals surface area contributed by atoms with E-state index in [4.69, 9.17) is 15.4 Å². The Morgan fingerprint density at radius 1 is 1.19 bits per heavy atom. The Kier molecular flexibility index (Phi) is 5.64. The Bertz CT molecular complexity index is 617. The highest BCUT2D eigenvalue weighted by atomic mass is 35.7. The molecule has 0 heterocycles. The van der Waals surface area contributed by atoms with Crippen LogP contribution in [0.3, 0.4) is 0 Å². The van der Waals surface area contributed by atoms with Crippen LogP contribution >= 0.6 is 10.7 Å². The van der Waals surface area contributed by atoms with Gasteiger partial charge in [-0.1, -0.05) is 0 Å². The van der Waals surface area contributed by atoms with E-state index in [1.807, 2.05) is 13.8 Å². The van der Waals surface area contributed by atoms with Gasteiger partial charge in [0.2, 0.25) is 0 Å². The van der Waals surface area contributed by atoms with Crippen molar-refractivity contribution in [3.8, 4) is 5.75 Å². The average Bonchev–Trinajstić information content (AvgIpc) is 2.24. The highest BCUT2D eigenvalue weighted by Crippen LogP contribution is 2.28. The van der Waals surface area contributed by atoms with Crippen LogP contribution in [0.1, 0.15) is 31.9 Å². The van der Waals surface area contributed by atoms with Crippen molar-refractivity contribution < 1.29 is 17.9 Å². The molecule has 1 aromatic rings. The van der Waals surface area contributed by atoms with Gasteiger partial charge in [0.15, 0.2) is 6.10 Å². The molecule has 1 atom stereocenters. The van der Waals surface area contributed by atoms with E-state index in [1.54, 1.807) is 32.9 Å². The number of hydrogen-bond donors (Lipinski definition) is 1. The molecule has 7 heteroatoms. The summed E-state index contributed by atoms with van der Waals surface area (Å²) in [6.07, 6.45) is -0.676. The second kappa shape index (κ2) is 6.66. The van der Waals surface area contributed by atoms with Gasteiger partial charge < -0.3 is 10.1 Å². The normalized spacial score (nSPS) is 13.1. The van der Waals surface area contributed by atoms with Crippen LogP contribution < -0.4 is 10.1 Å². The molecule has 1 unspecified atom stereocenters. The van der Waals surface area contributed by atoms with Gasteiger partial charge in [-0.3, -0.25) is 4.79 Å². The van der Waals surface area contributed by atoms with E-state index < -0.39 is 15.2 Å². The zero-order chi connectivity index (χ0) is 16.4. The Hall–Kier alpha value is -1.27. The molecule has 0 aliphatic rings. The van der Waals surface area contributed by atoms with Crippen LogP contribution in [0.5, 0.6) is 5.75 Å². The lowest BCUT2D eigenvalue weighted by molar-refractivity contribution is -0.127. The molecular weight excluding hydrogens is 314 g/mol. The molecule has 0 spiro atoms. The first-order valence-electron chi connectivity index (χ1n) is 6.55. The first-order chi connectivity index (χ1) is 9.52. The molecule has 118 valence electrons. The SMILES string of the molecule is Cc1cc(OC(C)C(=O)NC(C)C)cc(C)c1S(=O)(=O)Cl. The number of nitrogens with one attached hydrogen (secondary N) is 1. The molecule has 0 aliphatic heterocycles. The lowest BCUT2D eigenvalue weighted by Gasteiger charge is -2.18. The van der Waals surface area contributed by atoms with Crippen molar-refractivity contribution >= 4 is 25.6 Å². The van der Waals surface area contributed by atoms with E-state index >= 15 is 0 Å². The number of halogens is 1. The molecular formula is C14H20ClNO4S. The monoisotopic (exact) mass is 333 g/mol. The van der Waals surface area contributed by atoms with Gasteiger partial charge in [0.05, 0.1) is 4.90 Å². The fourth-order valence-corrected chi connectivity index (χ4v) is 3.64. The fourth-order valence-electron chi connectivity index (χ4n) is 2.02. The topological polar surface area (TPSA) is 72.5 Å². The minimum Gasteiger partial charge on any atom is -0.481 e. The molecule has 0 aromatic heterocycles. The van der Waals surface area contributed by atoms with Gasteiger partial charge in [-0.25, -0.2) is 8.42 Å². The number of hydrogen-bond acceptors (Lipinski definition) is 4. The number of rotatable bonds is 5. The van der Waals surface area contributed by atoms with Gasteiger partial charge in [0, 0.05) is 16.7 Å². The summed E-state index contributed by atoms with van der Waals surface area (Å²) in [4.78, 5) is 11.9. The molecule has 5 nitrogen and oxygen atoms in total. The first-order valence-corrected chi connectivity index (χ1v) is 8.86. The fraction of sp³-hybridized carbons (Fsp3) is 0.500. The maximum Gasteiger partial charge on any atom is 0.261 e. The van der Waals surface area contributed by atoms with E-state index in [-0.39, 0.29) is 16.8 Å². The van der Waals surface area contributed by atoms with Crippen LogP contribution in [0.2, 0.25) is 0 Å². The van der Waals surface area contributed by atoms with Crippen LogP contribution in [-0.2, 0) is 13.8 Å². The standard InChI is InChI=1S/C14H20ClNO4S/c1-8(2)16-14(17)11(5)20-12-6-9(3)13(10(4)7-12)21(15,18)19/h6-8,11H,1-5H3,(H,16,17). The van der Waals surface area contributed by atoms with Gasteiger partial charge in [-0.2, -0.15) is 0 Å². The molecule has 1 rings (SSSR count). The highest BCUT2D eigenvalue weighted by Gasteiger charge is 2.20. The number of carbonyl (C=O) groups is 1. The number of aryl methyl sites for hydroxylation is 2. The number of carbonyl (C=O) groups excluding carboxylic acids is 1. The first kappa shape index (κ1) is 17.8. The number of amides is 1. The molecule has 0 fully saturated rings. The van der Waals surface area contributed by atoms with Crippen molar-refractivity contribution in [2.45, 2.75) is 51.7 Å². The summed E-state index contributed by atoms with van der Waals surface area (Å²) in [6, 6.07) is 3.14. The summed E-state index contributed by atoms with van der Waals surface area (Å²) in [5, 5.41) is 2.75. The minimum absolute atomic E-state index is 0.0239. The Balaban J connectivity index is 3.00. The van der Waals surface area contributed by atoms with E-state index in [2.05, 4.69) is 5.32 Å². The average molecular weight is 334 g/mol. The van der Waals surface area contributed by atoms with E-state index in [9.17, 15) is 13.2 Å². The smallest absolute Gasteiger partial charge is 0.261 e. The molecule has 1 aromatic carbocycles. The molecule has 1 N–H and O–H groups in total. The van der Waals surface area contributed by atoms with E-state index in [1.165, 1.54) is 0 Å². The zero-order valence-electron chi connectivity index (χ0n) is 12.7. The maximum atomic E-state index is 11.8. The highest BCUT2D eigenvalue weighted by molar-refractivity contribution is 8.13. The Morgan fingerprint density at radius 2 is 1.67 bits per heavy atom. The third kappa shape index (κ3) is 4.89. The lowest BCUT2D eigenvalue weighted by atomic mass is 10.1. The van der Waals surface area contributed by atoms with Crippen molar-refractivity contribution in [1.29, 1.82) is 0 Å². The molecule has 0 saturated heterocycles. The quantitative estimate of drug-likeness (QED) is 0.840. The van der Waals surface area contributed by atoms with Crippen LogP contribution in [0, 0.1) is 13.8 Å². The Morgan fingerprint density at radius 3 is 2.05 bits per heavy atom.